The number of rotatable bonds is 4. The van der Waals surface area contributed by atoms with Gasteiger partial charge in [-0.3, -0.25) is 4.90 Å². The van der Waals surface area contributed by atoms with Gasteiger partial charge in [-0.25, -0.2) is 4.98 Å². The third-order valence-electron chi connectivity index (χ3n) is 4.63. The first kappa shape index (κ1) is 15.1. The Kier molecular flexibility index (Phi) is 4.23. The Balaban J connectivity index is 2.09. The summed E-state index contributed by atoms with van der Waals surface area (Å²) < 4.78 is 8.22. The standard InChI is InChI=1S/C14H23N6O2/c1-11(17(2)3)14(18-7-9-22-10-8-18)19-13-12(20(21)16-19)5-4-6-15-13/h4-6,11,14H,7-10H2,1-3H3,(H,16,21)/q+1/p+2/t11-,14?/m0/s1. The molecule has 0 saturated carbocycles. The van der Waals surface area contributed by atoms with Crippen molar-refractivity contribution >= 4 is 11.2 Å². The second-order valence-corrected chi connectivity index (χ2v) is 6.19. The van der Waals surface area contributed by atoms with Crippen LogP contribution >= 0.6 is 0 Å². The van der Waals surface area contributed by atoms with Crippen LogP contribution in [-0.4, -0.2) is 61.3 Å². The summed E-state index contributed by atoms with van der Waals surface area (Å²) in [6.07, 6.45) is 1.84. The number of aromatic nitrogens is 4. The fourth-order valence-corrected chi connectivity index (χ4v) is 3.13. The highest BCUT2D eigenvalue weighted by molar-refractivity contribution is 5.65. The topological polar surface area (TPSA) is 74.7 Å². The minimum Gasteiger partial charge on any atom is -0.370 e. The molecule has 3 rings (SSSR count). The normalized spacial score (nSPS) is 19.6. The van der Waals surface area contributed by atoms with E-state index in [1.807, 2.05) is 4.68 Å². The van der Waals surface area contributed by atoms with Gasteiger partial charge in [0.25, 0.3) is 11.2 Å². The highest BCUT2D eigenvalue weighted by Crippen LogP contribution is 2.10. The van der Waals surface area contributed by atoms with Crippen molar-refractivity contribution in [1.82, 2.24) is 14.9 Å². The minimum atomic E-state index is 0.112. The SMILES string of the molecule is C[C@@H](C(n1[nH][n+](=O)c2cccnc21)[NH+]1CCOCC1)[NH+](C)C. The van der Waals surface area contributed by atoms with E-state index in [2.05, 4.69) is 31.2 Å². The summed E-state index contributed by atoms with van der Waals surface area (Å²) >= 11 is 0. The molecule has 8 heteroatoms. The van der Waals surface area contributed by atoms with Gasteiger partial charge in [0, 0.05) is 6.20 Å². The number of fused-ring (bicyclic) bond motifs is 1. The molecule has 1 saturated heterocycles. The summed E-state index contributed by atoms with van der Waals surface area (Å²) in [4.78, 5) is 19.3. The number of aromatic amines is 1. The zero-order valence-corrected chi connectivity index (χ0v) is 13.4. The van der Waals surface area contributed by atoms with E-state index < -0.39 is 0 Å². The third-order valence-corrected chi connectivity index (χ3v) is 4.63. The first-order chi connectivity index (χ1) is 10.6. The molecule has 2 aromatic rings. The molecule has 1 unspecified atom stereocenters. The summed E-state index contributed by atoms with van der Waals surface area (Å²) in [5.41, 5.74) is 1.27. The van der Waals surface area contributed by atoms with Gasteiger partial charge >= 0.3 is 6.17 Å². The number of quaternary nitrogens is 2. The van der Waals surface area contributed by atoms with Crippen LogP contribution < -0.4 is 14.3 Å². The average Bonchev–Trinajstić information content (AvgIpc) is 2.86. The number of hydrogen-bond acceptors (Lipinski definition) is 3. The van der Waals surface area contributed by atoms with Crippen LogP contribution in [0.2, 0.25) is 0 Å². The van der Waals surface area contributed by atoms with Gasteiger partial charge in [-0.15, -0.1) is 0 Å². The number of nitrogens with zero attached hydrogens (tertiary/aromatic N) is 3. The lowest BCUT2D eigenvalue weighted by molar-refractivity contribution is -0.997. The van der Waals surface area contributed by atoms with E-state index in [9.17, 15) is 4.91 Å². The van der Waals surface area contributed by atoms with Crippen LogP contribution in [0.4, 0.5) is 0 Å². The van der Waals surface area contributed by atoms with E-state index in [0.717, 1.165) is 30.8 Å². The van der Waals surface area contributed by atoms with Gasteiger partial charge in [0.2, 0.25) is 0 Å². The number of nitrogens with one attached hydrogen (secondary N) is 3. The lowest BCUT2D eigenvalue weighted by Gasteiger charge is -2.32. The van der Waals surface area contributed by atoms with E-state index in [1.165, 1.54) is 9.80 Å². The van der Waals surface area contributed by atoms with Crippen LogP contribution in [0.15, 0.2) is 18.3 Å². The minimum absolute atomic E-state index is 0.112. The maximum absolute atomic E-state index is 12.1. The summed E-state index contributed by atoms with van der Waals surface area (Å²) in [7, 11) is 4.28. The molecular weight excluding hydrogens is 284 g/mol. The van der Waals surface area contributed by atoms with Crippen molar-refractivity contribution in [2.24, 2.45) is 0 Å². The van der Waals surface area contributed by atoms with Gasteiger partial charge in [-0.1, -0.05) is 4.68 Å². The highest BCUT2D eigenvalue weighted by atomic mass is 16.5. The summed E-state index contributed by atoms with van der Waals surface area (Å²) in [5.74, 6) is 0. The van der Waals surface area contributed by atoms with Crippen molar-refractivity contribution in [3.05, 3.63) is 23.2 Å². The summed E-state index contributed by atoms with van der Waals surface area (Å²) in [6.45, 7) is 5.58. The smallest absolute Gasteiger partial charge is 0.301 e. The van der Waals surface area contributed by atoms with Crippen LogP contribution in [0.3, 0.4) is 0 Å². The Hall–Kier alpha value is -1.77. The fourth-order valence-electron chi connectivity index (χ4n) is 3.13. The number of hydrogen-bond donors (Lipinski definition) is 3. The molecule has 22 heavy (non-hydrogen) atoms. The second kappa shape index (κ2) is 6.15. The molecular formula is C14H25N6O2+3. The van der Waals surface area contributed by atoms with Crippen LogP contribution in [0, 0.1) is 4.91 Å². The fraction of sp³-hybridized carbons (Fsp3) is 0.643. The van der Waals surface area contributed by atoms with E-state index in [-0.39, 0.29) is 6.17 Å². The van der Waals surface area contributed by atoms with Crippen molar-refractivity contribution in [2.75, 3.05) is 40.4 Å². The molecule has 0 amide bonds. The van der Waals surface area contributed by atoms with Crippen molar-refractivity contribution in [1.29, 1.82) is 0 Å². The van der Waals surface area contributed by atoms with Gasteiger partial charge < -0.3 is 9.64 Å². The van der Waals surface area contributed by atoms with Crippen LogP contribution in [0.1, 0.15) is 13.1 Å². The molecule has 1 fully saturated rings. The number of morpholine rings is 1. The first-order valence-electron chi connectivity index (χ1n) is 7.79. The van der Waals surface area contributed by atoms with Crippen molar-refractivity contribution in [2.45, 2.75) is 19.1 Å². The Morgan fingerprint density at radius 2 is 2.18 bits per heavy atom. The quantitative estimate of drug-likeness (QED) is 0.535. The summed E-state index contributed by atoms with van der Waals surface area (Å²) in [5, 5.41) is 2.93. The maximum Gasteiger partial charge on any atom is 0.301 e. The van der Waals surface area contributed by atoms with Crippen molar-refractivity contribution < 1.29 is 19.1 Å². The van der Waals surface area contributed by atoms with Gasteiger partial charge in [0.05, 0.1) is 31.9 Å². The zero-order valence-electron chi connectivity index (χ0n) is 13.4. The van der Waals surface area contributed by atoms with E-state index in [1.54, 1.807) is 18.3 Å². The van der Waals surface area contributed by atoms with Gasteiger partial charge in [0.1, 0.15) is 13.1 Å². The molecule has 1 aliphatic rings. The van der Waals surface area contributed by atoms with Crippen LogP contribution in [-0.2, 0) is 4.74 Å². The first-order valence-corrected chi connectivity index (χ1v) is 7.79. The molecule has 0 radical (unpaired) electrons. The molecule has 0 aromatic carbocycles. The molecule has 0 spiro atoms. The molecule has 2 atom stereocenters. The number of ether oxygens (including phenoxy) is 1. The molecule has 120 valence electrons. The van der Waals surface area contributed by atoms with Crippen LogP contribution in [0.25, 0.3) is 11.2 Å². The lowest BCUT2D eigenvalue weighted by Crippen LogP contribution is -3.22. The van der Waals surface area contributed by atoms with E-state index >= 15 is 0 Å². The Bertz CT molecular complexity index is 688. The number of pyridine rings is 1. The molecule has 3 N–H and O–H groups in total. The Labute approximate surface area is 128 Å². The molecule has 0 aliphatic carbocycles. The second-order valence-electron chi connectivity index (χ2n) is 6.19. The molecule has 1 aliphatic heterocycles. The highest BCUT2D eigenvalue weighted by Gasteiger charge is 2.41. The predicted octanol–water partition coefficient (Wildman–Crippen LogP) is -2.77. The summed E-state index contributed by atoms with van der Waals surface area (Å²) in [6, 6.07) is 3.90. The number of likely N-dealkylation sites (N-methyl/N-ethyl adjacent to an activating group) is 1. The van der Waals surface area contributed by atoms with Gasteiger partial charge in [-0.2, -0.15) is 0 Å². The molecule has 3 heterocycles. The molecule has 2 aromatic heterocycles. The van der Waals surface area contributed by atoms with E-state index in [0.29, 0.717) is 17.2 Å². The molecule has 8 nitrogen and oxygen atoms in total. The van der Waals surface area contributed by atoms with Crippen molar-refractivity contribution in [3.63, 3.8) is 0 Å². The predicted molar refractivity (Wildman–Crippen MR) is 80.3 cm³/mol. The maximum atomic E-state index is 12.1. The number of H-pyrrole nitrogens is 1. The third kappa shape index (κ3) is 2.65. The van der Waals surface area contributed by atoms with Crippen LogP contribution in [0.5, 0.6) is 0 Å². The zero-order chi connectivity index (χ0) is 15.7. The van der Waals surface area contributed by atoms with Gasteiger partial charge in [0.15, 0.2) is 6.04 Å². The molecule has 0 bridgehead atoms. The monoisotopic (exact) mass is 309 g/mol. The Morgan fingerprint density at radius 1 is 1.45 bits per heavy atom. The van der Waals surface area contributed by atoms with Gasteiger partial charge in [-0.05, 0) is 29.2 Å². The largest absolute Gasteiger partial charge is 0.370 e. The average molecular weight is 309 g/mol. The van der Waals surface area contributed by atoms with Crippen molar-refractivity contribution in [3.8, 4) is 0 Å². The van der Waals surface area contributed by atoms with E-state index in [4.69, 9.17) is 4.74 Å². The lowest BCUT2D eigenvalue weighted by atomic mass is 10.2. The Morgan fingerprint density at radius 3 is 2.86 bits per heavy atom.